The number of para-hydroxylation sites is 1. The predicted molar refractivity (Wildman–Crippen MR) is 123 cm³/mol. The summed E-state index contributed by atoms with van der Waals surface area (Å²) in [6.45, 7) is 1.57. The van der Waals surface area contributed by atoms with E-state index in [0.717, 1.165) is 10.2 Å². The van der Waals surface area contributed by atoms with Gasteiger partial charge in [-0.15, -0.1) is 11.3 Å². The van der Waals surface area contributed by atoms with Gasteiger partial charge in [0, 0.05) is 17.6 Å². The summed E-state index contributed by atoms with van der Waals surface area (Å²) in [5.74, 6) is -1.39. The van der Waals surface area contributed by atoms with E-state index < -0.39 is 18.5 Å². The molecule has 7 nitrogen and oxygen atoms in total. The number of nitrogens with zero attached hydrogens (tertiary/aromatic N) is 4. The maximum absolute atomic E-state index is 13.3. The lowest BCUT2D eigenvalue weighted by molar-refractivity contribution is -0.121. The number of benzene rings is 2. The number of amides is 1. The van der Waals surface area contributed by atoms with Crippen LogP contribution in [0.1, 0.15) is 21.8 Å². The highest BCUT2D eigenvalue weighted by Gasteiger charge is 2.21. The molecule has 0 atom stereocenters. The van der Waals surface area contributed by atoms with Crippen LogP contribution in [0.3, 0.4) is 0 Å². The molecular weight excluding hydrogens is 443 g/mol. The summed E-state index contributed by atoms with van der Waals surface area (Å²) in [5, 5.41) is 14.2. The molecule has 0 aliphatic carbocycles. The minimum Gasteiger partial charge on any atom is -0.451 e. The number of aryl methyl sites for hydroxylation is 1. The van der Waals surface area contributed by atoms with E-state index in [0.29, 0.717) is 21.9 Å². The van der Waals surface area contributed by atoms with Crippen molar-refractivity contribution in [3.05, 3.63) is 77.1 Å². The van der Waals surface area contributed by atoms with E-state index in [9.17, 15) is 14.0 Å². The van der Waals surface area contributed by atoms with Crippen molar-refractivity contribution in [3.63, 3.8) is 0 Å². The van der Waals surface area contributed by atoms with E-state index in [2.05, 4.69) is 5.10 Å². The lowest BCUT2D eigenvalue weighted by Crippen LogP contribution is -2.35. The number of hydrogen-bond donors (Lipinski definition) is 0. The van der Waals surface area contributed by atoms with E-state index in [4.69, 9.17) is 10.00 Å². The molecule has 0 fully saturated rings. The average molecular weight is 463 g/mol. The smallest absolute Gasteiger partial charge is 0.348 e. The molecule has 2 heterocycles. The minimum absolute atomic E-state index is 0.157. The van der Waals surface area contributed by atoms with Gasteiger partial charge in [-0.25, -0.2) is 13.9 Å². The molecule has 0 saturated heterocycles. The van der Waals surface area contributed by atoms with Gasteiger partial charge in [-0.2, -0.15) is 10.4 Å². The summed E-state index contributed by atoms with van der Waals surface area (Å²) in [4.78, 5) is 27.9. The molecule has 0 aliphatic heterocycles. The fraction of sp³-hybridized carbons (Fsp3) is 0.167. The molecule has 0 saturated carbocycles. The summed E-state index contributed by atoms with van der Waals surface area (Å²) in [6.07, 6.45) is 0.157. The van der Waals surface area contributed by atoms with Gasteiger partial charge >= 0.3 is 5.97 Å². The maximum atomic E-state index is 13.3. The zero-order valence-corrected chi connectivity index (χ0v) is 18.5. The highest BCUT2D eigenvalue weighted by atomic mass is 32.1. The molecule has 4 rings (SSSR count). The normalized spacial score (nSPS) is 10.7. The van der Waals surface area contributed by atoms with Crippen LogP contribution in [0.4, 0.5) is 10.1 Å². The summed E-state index contributed by atoms with van der Waals surface area (Å²) in [7, 11) is 0. The number of anilines is 1. The van der Waals surface area contributed by atoms with Gasteiger partial charge in [-0.3, -0.25) is 4.79 Å². The Morgan fingerprint density at radius 1 is 1.18 bits per heavy atom. The largest absolute Gasteiger partial charge is 0.451 e. The second-order valence-electron chi connectivity index (χ2n) is 7.17. The van der Waals surface area contributed by atoms with Crippen LogP contribution in [-0.4, -0.2) is 34.8 Å². The number of halogens is 1. The fourth-order valence-corrected chi connectivity index (χ4v) is 4.43. The molecule has 0 bridgehead atoms. The second kappa shape index (κ2) is 9.63. The summed E-state index contributed by atoms with van der Waals surface area (Å²) >= 11 is 1.19. The van der Waals surface area contributed by atoms with Crippen molar-refractivity contribution in [2.24, 2.45) is 0 Å². The van der Waals surface area contributed by atoms with Gasteiger partial charge in [-0.05, 0) is 49.4 Å². The standard InChI is InChI=1S/C24H19FN4O3S/c1-16-20-14-21(33-23(20)29(27-16)19-10-8-17(25)9-11-19)24(31)32-15-22(30)28(13-5-12-26)18-6-3-2-4-7-18/h2-4,6-11,14H,5,13,15H2,1H3. The Bertz CT molecular complexity index is 1340. The molecule has 9 heteroatoms. The number of fused-ring (bicyclic) bond motifs is 1. The Kier molecular flexibility index (Phi) is 6.47. The highest BCUT2D eigenvalue weighted by Crippen LogP contribution is 2.31. The number of hydrogen-bond acceptors (Lipinski definition) is 6. The van der Waals surface area contributed by atoms with Gasteiger partial charge in [-0.1, -0.05) is 18.2 Å². The molecular formula is C24H19FN4O3S. The number of carbonyl (C=O) groups excluding carboxylic acids is 2. The number of thiophene rings is 1. The Morgan fingerprint density at radius 3 is 2.61 bits per heavy atom. The lowest BCUT2D eigenvalue weighted by Gasteiger charge is -2.21. The van der Waals surface area contributed by atoms with Crippen molar-refractivity contribution in [3.8, 4) is 11.8 Å². The molecule has 0 aliphatic rings. The Morgan fingerprint density at radius 2 is 1.91 bits per heavy atom. The molecule has 1 amide bonds. The van der Waals surface area contributed by atoms with Crippen molar-refractivity contribution >= 4 is 39.1 Å². The number of esters is 1. The van der Waals surface area contributed by atoms with E-state index in [1.54, 1.807) is 47.1 Å². The first-order chi connectivity index (χ1) is 16.0. The quantitative estimate of drug-likeness (QED) is 0.374. The summed E-state index contributed by atoms with van der Waals surface area (Å²) < 4.78 is 20.2. The molecule has 0 N–H and O–H groups in total. The van der Waals surface area contributed by atoms with E-state index in [1.165, 1.54) is 28.4 Å². The second-order valence-corrected chi connectivity index (χ2v) is 8.20. The molecule has 33 heavy (non-hydrogen) atoms. The van der Waals surface area contributed by atoms with Gasteiger partial charge in [0.1, 0.15) is 15.5 Å². The monoisotopic (exact) mass is 462 g/mol. The van der Waals surface area contributed by atoms with E-state index in [1.807, 2.05) is 19.1 Å². The van der Waals surface area contributed by atoms with Crippen LogP contribution in [0.2, 0.25) is 0 Å². The Hall–Kier alpha value is -4.03. The van der Waals surface area contributed by atoms with Gasteiger partial charge in [0.15, 0.2) is 6.61 Å². The number of nitriles is 1. The Labute approximate surface area is 193 Å². The zero-order valence-electron chi connectivity index (χ0n) is 17.7. The molecule has 2 aromatic heterocycles. The van der Waals surface area contributed by atoms with Crippen LogP contribution < -0.4 is 4.90 Å². The topological polar surface area (TPSA) is 88.2 Å². The Balaban J connectivity index is 1.51. The van der Waals surface area contributed by atoms with Gasteiger partial charge in [0.25, 0.3) is 5.91 Å². The van der Waals surface area contributed by atoms with Crippen LogP contribution in [0, 0.1) is 24.1 Å². The number of aromatic nitrogens is 2. The van der Waals surface area contributed by atoms with Crippen molar-refractivity contribution in [2.45, 2.75) is 13.3 Å². The predicted octanol–water partition coefficient (Wildman–Crippen LogP) is 4.64. The van der Waals surface area contributed by atoms with E-state index >= 15 is 0 Å². The number of carbonyl (C=O) groups is 2. The van der Waals surface area contributed by atoms with Crippen molar-refractivity contribution < 1.29 is 18.7 Å². The van der Waals surface area contributed by atoms with Crippen LogP contribution in [-0.2, 0) is 9.53 Å². The number of rotatable bonds is 7. The lowest BCUT2D eigenvalue weighted by atomic mass is 10.2. The van der Waals surface area contributed by atoms with Crippen molar-refractivity contribution in [1.82, 2.24) is 9.78 Å². The summed E-state index contributed by atoms with van der Waals surface area (Å²) in [6, 6.07) is 18.5. The van der Waals surface area contributed by atoms with Crippen LogP contribution in [0.15, 0.2) is 60.7 Å². The molecule has 0 spiro atoms. The van der Waals surface area contributed by atoms with Crippen molar-refractivity contribution in [1.29, 1.82) is 5.26 Å². The fourth-order valence-electron chi connectivity index (χ4n) is 3.35. The molecule has 4 aromatic rings. The van der Waals surface area contributed by atoms with Gasteiger partial charge in [0.2, 0.25) is 0 Å². The first kappa shape index (κ1) is 22.2. The van der Waals surface area contributed by atoms with E-state index in [-0.39, 0.29) is 18.8 Å². The molecule has 0 radical (unpaired) electrons. The maximum Gasteiger partial charge on any atom is 0.348 e. The first-order valence-corrected chi connectivity index (χ1v) is 10.9. The van der Waals surface area contributed by atoms with Gasteiger partial charge < -0.3 is 9.64 Å². The van der Waals surface area contributed by atoms with Gasteiger partial charge in [0.05, 0.1) is 23.9 Å². The average Bonchev–Trinajstić information content (AvgIpc) is 3.40. The van der Waals surface area contributed by atoms with Crippen LogP contribution >= 0.6 is 11.3 Å². The van der Waals surface area contributed by atoms with Crippen LogP contribution in [0.5, 0.6) is 0 Å². The number of ether oxygens (including phenoxy) is 1. The van der Waals surface area contributed by atoms with Crippen molar-refractivity contribution in [2.75, 3.05) is 18.1 Å². The van der Waals surface area contributed by atoms with Crippen LogP contribution in [0.25, 0.3) is 15.9 Å². The first-order valence-electron chi connectivity index (χ1n) is 10.1. The third-order valence-corrected chi connectivity index (χ3v) is 6.05. The molecule has 166 valence electrons. The SMILES string of the molecule is Cc1nn(-c2ccc(F)cc2)c2sc(C(=O)OCC(=O)N(CCC#N)c3ccccc3)cc12. The summed E-state index contributed by atoms with van der Waals surface area (Å²) in [5.41, 5.74) is 2.01. The zero-order chi connectivity index (χ0) is 23.4. The minimum atomic E-state index is -0.622. The molecule has 2 aromatic carbocycles. The third kappa shape index (κ3) is 4.76. The molecule has 0 unspecified atom stereocenters. The third-order valence-electron chi connectivity index (χ3n) is 4.96. The highest BCUT2D eigenvalue weighted by molar-refractivity contribution is 7.20.